The lowest BCUT2D eigenvalue weighted by Gasteiger charge is -2.23. The summed E-state index contributed by atoms with van der Waals surface area (Å²) in [7, 11) is 0. The number of benzene rings is 4. The Morgan fingerprint density at radius 1 is 0.714 bits per heavy atom. The molecular formula is C31H28N2S2. The van der Waals surface area contributed by atoms with Crippen molar-refractivity contribution < 1.29 is 0 Å². The second-order valence-electron chi connectivity index (χ2n) is 8.68. The van der Waals surface area contributed by atoms with E-state index in [4.69, 9.17) is 0 Å². The summed E-state index contributed by atoms with van der Waals surface area (Å²) in [5, 5.41) is 6.89. The van der Waals surface area contributed by atoms with Crippen LogP contribution < -0.4 is 9.80 Å². The highest BCUT2D eigenvalue weighted by Gasteiger charge is 2.29. The van der Waals surface area contributed by atoms with Gasteiger partial charge in [-0.3, -0.25) is 0 Å². The number of fused-ring (bicyclic) bond motifs is 6. The number of hydrogen-bond acceptors (Lipinski definition) is 4. The van der Waals surface area contributed by atoms with Crippen LogP contribution in [-0.4, -0.2) is 18.5 Å². The molecule has 2 nitrogen and oxygen atoms in total. The molecule has 2 aliphatic heterocycles. The van der Waals surface area contributed by atoms with E-state index in [0.29, 0.717) is 5.37 Å². The van der Waals surface area contributed by atoms with Crippen LogP contribution in [0, 0.1) is 0 Å². The molecule has 174 valence electrons. The average Bonchev–Trinajstić information content (AvgIpc) is 3.46. The highest BCUT2D eigenvalue weighted by Crippen LogP contribution is 2.49. The van der Waals surface area contributed by atoms with E-state index in [1.165, 1.54) is 47.7 Å². The molecule has 0 aliphatic carbocycles. The molecule has 0 N–H and O–H groups in total. The normalized spacial score (nSPS) is 18.6. The zero-order valence-electron chi connectivity index (χ0n) is 20.0. The summed E-state index contributed by atoms with van der Waals surface area (Å²) in [4.78, 5) is 7.66. The monoisotopic (exact) mass is 492 g/mol. The van der Waals surface area contributed by atoms with Gasteiger partial charge in [-0.1, -0.05) is 108 Å². The first-order chi connectivity index (χ1) is 17.3. The molecule has 0 radical (unpaired) electrons. The van der Waals surface area contributed by atoms with Crippen molar-refractivity contribution in [3.8, 4) is 0 Å². The molecule has 0 spiro atoms. The summed E-state index contributed by atoms with van der Waals surface area (Å²) in [6.45, 7) is 6.43. The van der Waals surface area contributed by atoms with Gasteiger partial charge in [0.1, 0.15) is 0 Å². The fourth-order valence-corrected chi connectivity index (χ4v) is 7.55. The molecule has 4 aromatic carbocycles. The van der Waals surface area contributed by atoms with Gasteiger partial charge in [0.05, 0.1) is 21.8 Å². The van der Waals surface area contributed by atoms with Crippen LogP contribution in [0.15, 0.2) is 118 Å². The fraction of sp³-hybridized carbons (Fsp3) is 0.161. The Kier molecular flexibility index (Phi) is 6.09. The van der Waals surface area contributed by atoms with Crippen molar-refractivity contribution >= 4 is 56.4 Å². The number of anilines is 2. The van der Waals surface area contributed by atoms with Crippen molar-refractivity contribution in [2.24, 2.45) is 0 Å². The molecule has 2 heterocycles. The van der Waals surface area contributed by atoms with E-state index >= 15 is 0 Å². The van der Waals surface area contributed by atoms with Gasteiger partial charge in [-0.05, 0) is 42.8 Å². The van der Waals surface area contributed by atoms with Gasteiger partial charge in [0.15, 0.2) is 0 Å². The van der Waals surface area contributed by atoms with Gasteiger partial charge < -0.3 is 9.80 Å². The van der Waals surface area contributed by atoms with Crippen molar-refractivity contribution in [1.82, 2.24) is 0 Å². The molecule has 2 aliphatic rings. The molecule has 4 aromatic rings. The van der Waals surface area contributed by atoms with Gasteiger partial charge in [-0.25, -0.2) is 0 Å². The van der Waals surface area contributed by atoms with Crippen molar-refractivity contribution in [2.75, 3.05) is 22.9 Å². The second kappa shape index (κ2) is 9.52. The first kappa shape index (κ1) is 22.4. The van der Waals surface area contributed by atoms with Crippen LogP contribution in [0.5, 0.6) is 0 Å². The predicted octanol–water partition coefficient (Wildman–Crippen LogP) is 8.84. The van der Waals surface area contributed by atoms with Crippen LogP contribution in [0.2, 0.25) is 0 Å². The van der Waals surface area contributed by atoms with Crippen LogP contribution in [0.25, 0.3) is 21.5 Å². The Balaban J connectivity index is 1.21. The Morgan fingerprint density at radius 3 is 2.11 bits per heavy atom. The molecule has 0 bridgehead atoms. The molecule has 1 atom stereocenters. The van der Waals surface area contributed by atoms with Gasteiger partial charge >= 0.3 is 0 Å². The van der Waals surface area contributed by atoms with Gasteiger partial charge in [-0.2, -0.15) is 0 Å². The SMILES string of the molecule is CCN1C(=CC=CC=CC2Sc3ccc4ccccc4c3N2CC)Sc2ccc3ccccc3c21. The highest BCUT2D eigenvalue weighted by molar-refractivity contribution is 8.03. The topological polar surface area (TPSA) is 6.48 Å². The maximum atomic E-state index is 2.51. The maximum absolute atomic E-state index is 2.51. The van der Waals surface area contributed by atoms with Crippen molar-refractivity contribution in [1.29, 1.82) is 0 Å². The van der Waals surface area contributed by atoms with Gasteiger partial charge in [-0.15, -0.1) is 0 Å². The van der Waals surface area contributed by atoms with Crippen molar-refractivity contribution in [2.45, 2.75) is 29.0 Å². The van der Waals surface area contributed by atoms with Crippen LogP contribution in [-0.2, 0) is 0 Å². The summed E-state index contributed by atoms with van der Waals surface area (Å²) in [6.07, 6.45) is 11.1. The van der Waals surface area contributed by atoms with Crippen molar-refractivity contribution in [3.63, 3.8) is 0 Å². The zero-order valence-corrected chi connectivity index (χ0v) is 21.7. The third kappa shape index (κ3) is 3.95. The van der Waals surface area contributed by atoms with Gasteiger partial charge in [0, 0.05) is 33.7 Å². The Labute approximate surface area is 216 Å². The van der Waals surface area contributed by atoms with E-state index in [2.05, 4.69) is 127 Å². The standard InChI is InChI=1S/C31H28N2S2/c1-3-32-28(34-26-20-18-22-12-8-10-14-24(22)30(26)32)16-6-5-7-17-29-33(4-2)31-25-15-11-9-13-23(25)19-21-27(31)35-29/h5-21,28H,3-4H2,1-2H3. The summed E-state index contributed by atoms with van der Waals surface area (Å²) in [5.41, 5.74) is 2.72. The average molecular weight is 493 g/mol. The van der Waals surface area contributed by atoms with Crippen LogP contribution in [0.4, 0.5) is 11.4 Å². The van der Waals surface area contributed by atoms with Gasteiger partial charge in [0.25, 0.3) is 0 Å². The van der Waals surface area contributed by atoms with Crippen molar-refractivity contribution in [3.05, 3.63) is 108 Å². The molecule has 0 amide bonds. The first-order valence-corrected chi connectivity index (χ1v) is 14.0. The summed E-state index contributed by atoms with van der Waals surface area (Å²) >= 11 is 3.80. The molecule has 0 fully saturated rings. The highest BCUT2D eigenvalue weighted by atomic mass is 32.2. The third-order valence-corrected chi connectivity index (χ3v) is 9.06. The predicted molar refractivity (Wildman–Crippen MR) is 156 cm³/mol. The smallest absolute Gasteiger partial charge is 0.0985 e. The largest absolute Gasteiger partial charge is 0.355 e. The second-order valence-corrected chi connectivity index (χ2v) is 10.9. The molecule has 0 saturated carbocycles. The third-order valence-electron chi connectivity index (χ3n) is 6.71. The lowest BCUT2D eigenvalue weighted by molar-refractivity contribution is 0.882. The van der Waals surface area contributed by atoms with Crippen LogP contribution in [0.3, 0.4) is 0 Å². The summed E-state index contributed by atoms with van der Waals surface area (Å²) < 4.78 is 0. The number of nitrogens with zero attached hydrogens (tertiary/aromatic N) is 2. The quantitative estimate of drug-likeness (QED) is 0.257. The molecule has 4 heteroatoms. The molecular weight excluding hydrogens is 464 g/mol. The van der Waals surface area contributed by atoms with E-state index < -0.39 is 0 Å². The number of rotatable bonds is 5. The van der Waals surface area contributed by atoms with E-state index in [-0.39, 0.29) is 0 Å². The summed E-state index contributed by atoms with van der Waals surface area (Å²) in [5.74, 6) is 0. The first-order valence-electron chi connectivity index (χ1n) is 12.3. The number of hydrogen-bond donors (Lipinski definition) is 0. The maximum Gasteiger partial charge on any atom is 0.0985 e. The molecule has 6 rings (SSSR count). The molecule has 0 saturated heterocycles. The minimum absolute atomic E-state index is 0.321. The molecule has 0 aromatic heterocycles. The minimum atomic E-state index is 0.321. The van der Waals surface area contributed by atoms with E-state index in [1.807, 2.05) is 23.5 Å². The Bertz CT molecular complexity index is 1500. The lowest BCUT2D eigenvalue weighted by atomic mass is 10.1. The number of likely N-dealkylation sites (N-methyl/N-ethyl adjacent to an activating group) is 1. The lowest BCUT2D eigenvalue weighted by Crippen LogP contribution is -2.27. The van der Waals surface area contributed by atoms with E-state index in [0.717, 1.165) is 13.1 Å². The summed E-state index contributed by atoms with van der Waals surface area (Å²) in [6, 6.07) is 26.4. The van der Waals surface area contributed by atoms with Gasteiger partial charge in [0.2, 0.25) is 0 Å². The molecule has 35 heavy (non-hydrogen) atoms. The molecule has 1 unspecified atom stereocenters. The van der Waals surface area contributed by atoms with E-state index in [1.54, 1.807) is 0 Å². The van der Waals surface area contributed by atoms with Crippen LogP contribution >= 0.6 is 23.5 Å². The Hall–Kier alpha value is -3.08. The Morgan fingerprint density at radius 2 is 1.40 bits per heavy atom. The van der Waals surface area contributed by atoms with E-state index in [9.17, 15) is 0 Å². The number of thioether (sulfide) groups is 2. The fourth-order valence-electron chi connectivity index (χ4n) is 5.10. The minimum Gasteiger partial charge on any atom is -0.355 e. The number of allylic oxidation sites excluding steroid dienone is 4. The zero-order chi connectivity index (χ0) is 23.8. The van der Waals surface area contributed by atoms with Crippen LogP contribution in [0.1, 0.15) is 13.8 Å².